The summed E-state index contributed by atoms with van der Waals surface area (Å²) in [6.45, 7) is 14.6. The molecule has 0 amide bonds. The van der Waals surface area contributed by atoms with Gasteiger partial charge in [0, 0.05) is 4.91 Å². The van der Waals surface area contributed by atoms with Crippen molar-refractivity contribution in [2.45, 2.75) is 13.8 Å². The van der Waals surface area contributed by atoms with Gasteiger partial charge in [-0.1, -0.05) is 33.1 Å². The highest BCUT2D eigenvalue weighted by Crippen LogP contribution is 2.18. The Bertz CT molecular complexity index is 170. The third-order valence-electron chi connectivity index (χ3n) is 1.02. The van der Waals surface area contributed by atoms with Gasteiger partial charge in [0.25, 0.3) is 0 Å². The highest BCUT2D eigenvalue weighted by molar-refractivity contribution is 8.02. The van der Waals surface area contributed by atoms with Crippen molar-refractivity contribution in [1.29, 1.82) is 0 Å². The van der Waals surface area contributed by atoms with Gasteiger partial charge in [-0.05, 0) is 19.0 Å². The van der Waals surface area contributed by atoms with Gasteiger partial charge in [-0.2, -0.15) is 0 Å². The highest BCUT2D eigenvalue weighted by atomic mass is 32.2. The maximum absolute atomic E-state index is 3.77. The maximum atomic E-state index is 3.77. The smallest absolute Gasteiger partial charge is 0.0751 e. The van der Waals surface area contributed by atoms with Crippen LogP contribution in [0.1, 0.15) is 13.8 Å². The predicted octanol–water partition coefficient (Wildman–Crippen LogP) is 3.66. The topological polar surface area (TPSA) is 12.4 Å². The summed E-state index contributed by atoms with van der Waals surface area (Å²) in [5, 5.41) is 0. The van der Waals surface area contributed by atoms with Crippen molar-refractivity contribution in [2.75, 3.05) is 6.26 Å². The maximum Gasteiger partial charge on any atom is 0.0751 e. The van der Waals surface area contributed by atoms with Gasteiger partial charge in [-0.15, -0.1) is 11.8 Å². The van der Waals surface area contributed by atoms with Gasteiger partial charge in [-0.25, -0.2) is 0 Å². The molecule has 0 heterocycles. The summed E-state index contributed by atoms with van der Waals surface area (Å²) in [6.07, 6.45) is 5.38. The Labute approximate surface area is 80.0 Å². The van der Waals surface area contributed by atoms with Crippen molar-refractivity contribution in [3.05, 3.63) is 35.9 Å². The quantitative estimate of drug-likeness (QED) is 0.478. The van der Waals surface area contributed by atoms with Gasteiger partial charge in [0.1, 0.15) is 0 Å². The fourth-order valence-electron chi connectivity index (χ4n) is 0.536. The lowest BCUT2D eigenvalue weighted by Gasteiger charge is -1.97. The highest BCUT2D eigenvalue weighted by Gasteiger charge is 1.93. The fraction of sp³-hybridized carbons (Fsp3) is 0.300. The van der Waals surface area contributed by atoms with Gasteiger partial charge in [0.2, 0.25) is 0 Å². The van der Waals surface area contributed by atoms with E-state index in [1.54, 1.807) is 23.9 Å². The SMILES string of the molecule is C=C/C(N=C)=C(\C=C)SC.CC. The molecular weight excluding hydrogens is 166 g/mol. The monoisotopic (exact) mass is 183 g/mol. The molecule has 0 aromatic carbocycles. The third kappa shape index (κ3) is 4.97. The van der Waals surface area contributed by atoms with Crippen LogP contribution < -0.4 is 0 Å². The zero-order valence-corrected chi connectivity index (χ0v) is 8.95. The number of allylic oxidation sites excluding steroid dienone is 2. The van der Waals surface area contributed by atoms with Gasteiger partial charge >= 0.3 is 0 Å². The first-order chi connectivity index (χ1) is 5.79. The molecule has 0 fully saturated rings. The fourth-order valence-corrected chi connectivity index (χ4v) is 1.06. The molecule has 0 aliphatic carbocycles. The summed E-state index contributed by atoms with van der Waals surface area (Å²) in [5.41, 5.74) is 0.794. The largest absolute Gasteiger partial charge is 0.264 e. The summed E-state index contributed by atoms with van der Waals surface area (Å²) in [5.74, 6) is 0. The molecule has 1 nitrogen and oxygen atoms in total. The Balaban J connectivity index is 0. The summed E-state index contributed by atoms with van der Waals surface area (Å²) < 4.78 is 0. The minimum atomic E-state index is 0.794. The number of hydrogen-bond donors (Lipinski definition) is 0. The van der Waals surface area contributed by atoms with Crippen molar-refractivity contribution in [2.24, 2.45) is 4.99 Å². The summed E-state index contributed by atoms with van der Waals surface area (Å²) in [4.78, 5) is 4.77. The number of aliphatic imine (C=N–C) groups is 1. The van der Waals surface area contributed by atoms with Gasteiger partial charge in [-0.3, -0.25) is 4.99 Å². The number of thioether (sulfide) groups is 1. The number of nitrogens with zero attached hydrogens (tertiary/aromatic N) is 1. The number of hydrogen-bond acceptors (Lipinski definition) is 2. The van der Waals surface area contributed by atoms with Crippen LogP contribution in [0.5, 0.6) is 0 Å². The van der Waals surface area contributed by atoms with E-state index in [9.17, 15) is 0 Å². The van der Waals surface area contributed by atoms with E-state index >= 15 is 0 Å². The van der Waals surface area contributed by atoms with Crippen LogP contribution in [0, 0.1) is 0 Å². The predicted molar refractivity (Wildman–Crippen MR) is 61.8 cm³/mol. The molecule has 0 unspecified atom stereocenters. The Kier molecular flexibility index (Phi) is 11.8. The van der Waals surface area contributed by atoms with Crippen molar-refractivity contribution in [1.82, 2.24) is 0 Å². The zero-order valence-electron chi connectivity index (χ0n) is 8.13. The average Bonchev–Trinajstić information content (AvgIpc) is 2.17. The summed E-state index contributed by atoms with van der Waals surface area (Å²) in [6, 6.07) is 0. The van der Waals surface area contributed by atoms with Gasteiger partial charge in [0.05, 0.1) is 5.70 Å². The van der Waals surface area contributed by atoms with E-state index in [2.05, 4.69) is 24.9 Å². The molecule has 0 rings (SSSR count). The minimum Gasteiger partial charge on any atom is -0.264 e. The van der Waals surface area contributed by atoms with Gasteiger partial charge in [0.15, 0.2) is 0 Å². The van der Waals surface area contributed by atoms with Crippen LogP contribution in [-0.2, 0) is 0 Å². The molecule has 0 spiro atoms. The lowest BCUT2D eigenvalue weighted by atomic mass is 10.4. The van der Waals surface area contributed by atoms with Crippen molar-refractivity contribution >= 4 is 18.5 Å². The van der Waals surface area contributed by atoms with Crippen LogP contribution in [0.25, 0.3) is 0 Å². The first kappa shape index (κ1) is 13.8. The van der Waals surface area contributed by atoms with E-state index in [1.165, 1.54) is 0 Å². The number of rotatable bonds is 4. The van der Waals surface area contributed by atoms with E-state index in [-0.39, 0.29) is 0 Å². The Morgan fingerprint density at radius 3 is 1.83 bits per heavy atom. The molecule has 0 aliphatic heterocycles. The third-order valence-corrected chi connectivity index (χ3v) is 1.84. The molecule has 0 aromatic heterocycles. The Morgan fingerprint density at radius 1 is 1.25 bits per heavy atom. The molecule has 0 saturated carbocycles. The van der Waals surface area contributed by atoms with E-state index in [1.807, 2.05) is 20.1 Å². The molecule has 0 aliphatic rings. The molecule has 2 heteroatoms. The van der Waals surface area contributed by atoms with Crippen LogP contribution in [0.3, 0.4) is 0 Å². The first-order valence-corrected chi connectivity index (χ1v) is 5.02. The van der Waals surface area contributed by atoms with Crippen LogP contribution >= 0.6 is 11.8 Å². The summed E-state index contributed by atoms with van der Waals surface area (Å²) >= 11 is 1.58. The van der Waals surface area contributed by atoms with Crippen LogP contribution in [0.2, 0.25) is 0 Å². The normalized spacial score (nSPS) is 10.2. The second-order valence-corrected chi connectivity index (χ2v) is 2.37. The first-order valence-electron chi connectivity index (χ1n) is 3.80. The molecule has 0 atom stereocenters. The molecule has 12 heavy (non-hydrogen) atoms. The van der Waals surface area contributed by atoms with Crippen LogP contribution in [0.15, 0.2) is 40.9 Å². The standard InChI is InChI=1S/C8H11NS.C2H6/c1-5-7(9-3)8(6-2)10-4;1-2/h5-6H,1-3H2,4H3;1-2H3/b8-7-;. The molecule has 0 radical (unpaired) electrons. The molecule has 0 aromatic rings. The van der Waals surface area contributed by atoms with Crippen LogP contribution in [-0.4, -0.2) is 13.0 Å². The summed E-state index contributed by atoms with van der Waals surface area (Å²) in [7, 11) is 0. The molecule has 0 saturated heterocycles. The molecule has 68 valence electrons. The second-order valence-electron chi connectivity index (χ2n) is 1.52. The van der Waals surface area contributed by atoms with E-state index in [0.717, 1.165) is 10.6 Å². The lowest BCUT2D eigenvalue weighted by molar-refractivity contribution is 1.43. The Hall–Kier alpha value is -0.760. The second kappa shape index (κ2) is 10.2. The van der Waals surface area contributed by atoms with Crippen molar-refractivity contribution in [3.63, 3.8) is 0 Å². The Morgan fingerprint density at radius 2 is 1.75 bits per heavy atom. The van der Waals surface area contributed by atoms with Crippen molar-refractivity contribution in [3.8, 4) is 0 Å². The molecule has 0 bridgehead atoms. The molecule has 0 N–H and O–H groups in total. The van der Waals surface area contributed by atoms with Gasteiger partial charge < -0.3 is 0 Å². The van der Waals surface area contributed by atoms with E-state index < -0.39 is 0 Å². The van der Waals surface area contributed by atoms with E-state index in [0.29, 0.717) is 0 Å². The van der Waals surface area contributed by atoms with E-state index in [4.69, 9.17) is 0 Å². The average molecular weight is 183 g/mol. The minimum absolute atomic E-state index is 0.794. The van der Waals surface area contributed by atoms with Crippen LogP contribution in [0.4, 0.5) is 0 Å². The van der Waals surface area contributed by atoms with Crippen molar-refractivity contribution < 1.29 is 0 Å². The lowest BCUT2D eigenvalue weighted by Crippen LogP contribution is -1.75. The zero-order chi connectivity index (χ0) is 9.98. The molecular formula is C10H17NS.